The normalized spacial score (nSPS) is 12.7. The van der Waals surface area contributed by atoms with Crippen molar-refractivity contribution in [2.24, 2.45) is 17.8 Å². The molecule has 0 aromatic heterocycles. The SMILES string of the molecule is CCC(CC)COP(=O)(OCC(CC)CC)OCC(CC)CC. The standard InChI is InChI=1S/C18H39O4P/c1-7-16(8-2)13-20-23(19,21-14-17(9-3)10-4)22-15-18(11-5)12-6/h16-18H,7-15H2,1-6H3. The minimum Gasteiger partial charge on any atom is -0.287 e. The summed E-state index contributed by atoms with van der Waals surface area (Å²) in [5.41, 5.74) is 0. The lowest BCUT2D eigenvalue weighted by Gasteiger charge is -2.24. The molecule has 5 heteroatoms. The summed E-state index contributed by atoms with van der Waals surface area (Å²) < 4.78 is 29.9. The van der Waals surface area contributed by atoms with Crippen LogP contribution in [0.5, 0.6) is 0 Å². The Labute approximate surface area is 144 Å². The van der Waals surface area contributed by atoms with Crippen LogP contribution in [0.3, 0.4) is 0 Å². The van der Waals surface area contributed by atoms with Gasteiger partial charge in [0.1, 0.15) is 0 Å². The molecule has 0 fully saturated rings. The molecule has 0 aromatic carbocycles. The Kier molecular flexibility index (Phi) is 13.5. The first-order chi connectivity index (χ1) is 11.0. The van der Waals surface area contributed by atoms with E-state index in [0.29, 0.717) is 37.6 Å². The van der Waals surface area contributed by atoms with E-state index in [1.807, 2.05) is 0 Å². The third-order valence-corrected chi connectivity index (χ3v) is 6.27. The van der Waals surface area contributed by atoms with E-state index in [0.717, 1.165) is 38.5 Å². The average Bonchev–Trinajstić information content (AvgIpc) is 2.57. The van der Waals surface area contributed by atoms with Crippen molar-refractivity contribution < 1.29 is 18.1 Å². The highest BCUT2D eigenvalue weighted by atomic mass is 31.2. The summed E-state index contributed by atoms with van der Waals surface area (Å²) in [4.78, 5) is 0. The zero-order valence-electron chi connectivity index (χ0n) is 16.2. The molecule has 0 atom stereocenters. The van der Waals surface area contributed by atoms with Gasteiger partial charge in [0.05, 0.1) is 19.8 Å². The van der Waals surface area contributed by atoms with Gasteiger partial charge in [0.2, 0.25) is 0 Å². The topological polar surface area (TPSA) is 44.8 Å². The van der Waals surface area contributed by atoms with E-state index in [2.05, 4.69) is 41.5 Å². The first kappa shape index (κ1) is 23.1. The van der Waals surface area contributed by atoms with E-state index in [4.69, 9.17) is 13.6 Å². The molecule has 0 saturated carbocycles. The summed E-state index contributed by atoms with van der Waals surface area (Å²) in [6.45, 7) is 14.1. The molecule has 0 rings (SSSR count). The Morgan fingerprint density at radius 1 is 0.565 bits per heavy atom. The van der Waals surface area contributed by atoms with Gasteiger partial charge >= 0.3 is 7.82 Å². The van der Waals surface area contributed by atoms with Crippen LogP contribution in [-0.4, -0.2) is 19.8 Å². The molecule has 0 saturated heterocycles. The van der Waals surface area contributed by atoms with Crippen LogP contribution in [0.25, 0.3) is 0 Å². The van der Waals surface area contributed by atoms with Crippen molar-refractivity contribution in [3.05, 3.63) is 0 Å². The van der Waals surface area contributed by atoms with E-state index in [1.165, 1.54) is 0 Å². The predicted octanol–water partition coefficient (Wildman–Crippen LogP) is 6.45. The number of hydrogen-bond acceptors (Lipinski definition) is 4. The largest absolute Gasteiger partial charge is 0.474 e. The Bertz CT molecular complexity index is 263. The van der Waals surface area contributed by atoms with Gasteiger partial charge in [-0.2, -0.15) is 0 Å². The molecular weight excluding hydrogens is 311 g/mol. The quantitative estimate of drug-likeness (QED) is 0.318. The van der Waals surface area contributed by atoms with Gasteiger partial charge in [0.15, 0.2) is 0 Å². The highest BCUT2D eigenvalue weighted by Gasteiger charge is 2.29. The van der Waals surface area contributed by atoms with Crippen molar-refractivity contribution in [1.82, 2.24) is 0 Å². The summed E-state index contributed by atoms with van der Waals surface area (Å²) in [6.07, 6.45) is 6.06. The molecule has 23 heavy (non-hydrogen) atoms. The van der Waals surface area contributed by atoms with Gasteiger partial charge in [-0.25, -0.2) is 4.57 Å². The summed E-state index contributed by atoms with van der Waals surface area (Å²) >= 11 is 0. The number of phosphoric ester groups is 1. The molecule has 0 aliphatic heterocycles. The van der Waals surface area contributed by atoms with Crippen LogP contribution >= 0.6 is 7.82 Å². The van der Waals surface area contributed by atoms with Crippen LogP contribution in [0.1, 0.15) is 80.1 Å². The van der Waals surface area contributed by atoms with Crippen LogP contribution in [-0.2, 0) is 18.1 Å². The highest BCUT2D eigenvalue weighted by molar-refractivity contribution is 7.48. The highest BCUT2D eigenvalue weighted by Crippen LogP contribution is 2.51. The second-order valence-electron chi connectivity index (χ2n) is 6.38. The maximum atomic E-state index is 13.0. The van der Waals surface area contributed by atoms with Gasteiger partial charge in [0.25, 0.3) is 0 Å². The Balaban J connectivity index is 4.70. The lowest BCUT2D eigenvalue weighted by atomic mass is 10.1. The second-order valence-corrected chi connectivity index (χ2v) is 8.05. The second kappa shape index (κ2) is 13.4. The maximum absolute atomic E-state index is 13.0. The van der Waals surface area contributed by atoms with Crippen molar-refractivity contribution in [1.29, 1.82) is 0 Å². The summed E-state index contributed by atoms with van der Waals surface area (Å²) in [5.74, 6) is 1.20. The van der Waals surface area contributed by atoms with Crippen molar-refractivity contribution in [2.45, 2.75) is 80.1 Å². The van der Waals surface area contributed by atoms with E-state index in [9.17, 15) is 4.57 Å². The third-order valence-electron chi connectivity index (χ3n) is 4.87. The zero-order chi connectivity index (χ0) is 17.7. The monoisotopic (exact) mass is 350 g/mol. The van der Waals surface area contributed by atoms with E-state index >= 15 is 0 Å². The van der Waals surface area contributed by atoms with Crippen molar-refractivity contribution in [2.75, 3.05) is 19.8 Å². The van der Waals surface area contributed by atoms with Crippen LogP contribution in [0.2, 0.25) is 0 Å². The van der Waals surface area contributed by atoms with Gasteiger partial charge in [-0.15, -0.1) is 0 Å². The molecule has 0 aliphatic rings. The molecule has 0 radical (unpaired) electrons. The molecule has 0 aromatic rings. The lowest BCUT2D eigenvalue weighted by Crippen LogP contribution is -2.15. The molecule has 140 valence electrons. The smallest absolute Gasteiger partial charge is 0.287 e. The fourth-order valence-corrected chi connectivity index (χ4v) is 3.68. The van der Waals surface area contributed by atoms with Crippen LogP contribution in [0.4, 0.5) is 0 Å². The zero-order valence-corrected chi connectivity index (χ0v) is 17.1. The molecule has 0 spiro atoms. The molecule has 0 aliphatic carbocycles. The van der Waals surface area contributed by atoms with Gasteiger partial charge < -0.3 is 0 Å². The van der Waals surface area contributed by atoms with Crippen molar-refractivity contribution >= 4 is 7.82 Å². The van der Waals surface area contributed by atoms with Crippen LogP contribution in [0, 0.1) is 17.8 Å². The number of phosphoric acid groups is 1. The molecule has 0 bridgehead atoms. The summed E-state index contributed by atoms with van der Waals surface area (Å²) in [7, 11) is -3.46. The summed E-state index contributed by atoms with van der Waals surface area (Å²) in [6, 6.07) is 0. The Hall–Kier alpha value is 0.110. The van der Waals surface area contributed by atoms with Crippen molar-refractivity contribution in [3.63, 3.8) is 0 Å². The molecule has 0 amide bonds. The third kappa shape index (κ3) is 9.86. The summed E-state index contributed by atoms with van der Waals surface area (Å²) in [5, 5.41) is 0. The number of rotatable bonds is 15. The fraction of sp³-hybridized carbons (Fsp3) is 1.00. The van der Waals surface area contributed by atoms with Gasteiger partial charge in [-0.1, -0.05) is 80.1 Å². The molecule has 4 nitrogen and oxygen atoms in total. The van der Waals surface area contributed by atoms with Gasteiger partial charge in [0, 0.05) is 0 Å². The van der Waals surface area contributed by atoms with E-state index < -0.39 is 7.82 Å². The molecular formula is C18H39O4P. The lowest BCUT2D eigenvalue weighted by molar-refractivity contribution is 0.0756. The molecule has 0 heterocycles. The first-order valence-corrected chi connectivity index (χ1v) is 11.0. The van der Waals surface area contributed by atoms with Gasteiger partial charge in [-0.3, -0.25) is 13.6 Å². The maximum Gasteiger partial charge on any atom is 0.474 e. The van der Waals surface area contributed by atoms with Crippen LogP contribution < -0.4 is 0 Å². The average molecular weight is 350 g/mol. The fourth-order valence-electron chi connectivity index (χ4n) is 2.28. The molecule has 0 N–H and O–H groups in total. The predicted molar refractivity (Wildman–Crippen MR) is 97.7 cm³/mol. The minimum atomic E-state index is -3.46. The van der Waals surface area contributed by atoms with Crippen molar-refractivity contribution in [3.8, 4) is 0 Å². The molecule has 0 unspecified atom stereocenters. The van der Waals surface area contributed by atoms with E-state index in [1.54, 1.807) is 0 Å². The Morgan fingerprint density at radius 3 is 0.957 bits per heavy atom. The van der Waals surface area contributed by atoms with E-state index in [-0.39, 0.29) is 0 Å². The first-order valence-electron chi connectivity index (χ1n) is 9.51. The Morgan fingerprint density at radius 2 is 0.783 bits per heavy atom. The van der Waals surface area contributed by atoms with Crippen LogP contribution in [0.15, 0.2) is 0 Å². The minimum absolute atomic E-state index is 0.400. The van der Waals surface area contributed by atoms with Gasteiger partial charge in [-0.05, 0) is 17.8 Å². The number of hydrogen-bond donors (Lipinski definition) is 0.